The summed E-state index contributed by atoms with van der Waals surface area (Å²) in [5, 5.41) is 8.80. The molecule has 0 saturated heterocycles. The van der Waals surface area contributed by atoms with E-state index >= 15 is 0 Å². The number of hydrogen-bond donors (Lipinski definition) is 2. The molecule has 1 amide bonds. The van der Waals surface area contributed by atoms with Gasteiger partial charge in [0.25, 0.3) is 5.91 Å². The number of nitrogens with two attached hydrogens (primary N) is 2. The summed E-state index contributed by atoms with van der Waals surface area (Å²) in [5.74, 6) is -0.534. The van der Waals surface area contributed by atoms with Crippen LogP contribution in [0.25, 0.3) is 0 Å². The molecule has 0 heterocycles. The number of para-hydroxylation sites is 1. The highest BCUT2D eigenvalue weighted by molar-refractivity contribution is 6.02. The van der Waals surface area contributed by atoms with Crippen molar-refractivity contribution in [1.29, 1.82) is 5.26 Å². The highest BCUT2D eigenvalue weighted by Crippen LogP contribution is 2.32. The average molecular weight is 266 g/mol. The van der Waals surface area contributed by atoms with Gasteiger partial charge in [0.2, 0.25) is 0 Å². The summed E-state index contributed by atoms with van der Waals surface area (Å²) in [6.45, 7) is 0. The molecule has 0 aliphatic heterocycles. The Hall–Kier alpha value is -3.00. The maximum Gasteiger partial charge on any atom is 0.250 e. The standard InChI is InChI=1S/C15H14N4O/c1-19(11-7-5-10(9-16)6-8-11)14-12(15(18)20)3-2-4-13(14)17/h2-8H,17H2,1H3,(H2,18,20). The maximum absolute atomic E-state index is 11.5. The van der Waals surface area contributed by atoms with E-state index in [1.807, 2.05) is 0 Å². The summed E-state index contributed by atoms with van der Waals surface area (Å²) in [4.78, 5) is 13.3. The molecular formula is C15H14N4O. The number of anilines is 3. The molecule has 0 fully saturated rings. The van der Waals surface area contributed by atoms with Gasteiger partial charge in [-0.3, -0.25) is 4.79 Å². The molecule has 4 N–H and O–H groups in total. The fourth-order valence-electron chi connectivity index (χ4n) is 2.02. The molecule has 0 atom stereocenters. The number of nitriles is 1. The van der Waals surface area contributed by atoms with Crippen LogP contribution in [-0.2, 0) is 0 Å². The van der Waals surface area contributed by atoms with Gasteiger partial charge >= 0.3 is 0 Å². The van der Waals surface area contributed by atoms with Crippen LogP contribution in [-0.4, -0.2) is 13.0 Å². The zero-order valence-corrected chi connectivity index (χ0v) is 11.0. The molecule has 0 bridgehead atoms. The third kappa shape index (κ3) is 2.40. The second kappa shape index (κ2) is 5.33. The summed E-state index contributed by atoms with van der Waals surface area (Å²) < 4.78 is 0. The first kappa shape index (κ1) is 13.4. The van der Waals surface area contributed by atoms with Gasteiger partial charge in [0, 0.05) is 12.7 Å². The highest BCUT2D eigenvalue weighted by Gasteiger charge is 2.16. The predicted molar refractivity (Wildman–Crippen MR) is 78.6 cm³/mol. The summed E-state index contributed by atoms with van der Waals surface area (Å²) in [5.41, 5.74) is 14.1. The van der Waals surface area contributed by atoms with Crippen molar-refractivity contribution in [2.24, 2.45) is 5.73 Å². The molecule has 0 unspecified atom stereocenters. The van der Waals surface area contributed by atoms with Crippen molar-refractivity contribution in [1.82, 2.24) is 0 Å². The summed E-state index contributed by atoms with van der Waals surface area (Å²) >= 11 is 0. The van der Waals surface area contributed by atoms with E-state index in [2.05, 4.69) is 6.07 Å². The van der Waals surface area contributed by atoms with E-state index in [-0.39, 0.29) is 0 Å². The average Bonchev–Trinajstić information content (AvgIpc) is 2.46. The molecule has 2 aromatic carbocycles. The third-order valence-corrected chi connectivity index (χ3v) is 3.05. The molecule has 20 heavy (non-hydrogen) atoms. The first-order valence-electron chi connectivity index (χ1n) is 5.96. The molecule has 0 saturated carbocycles. The molecule has 5 nitrogen and oxygen atoms in total. The SMILES string of the molecule is CN(c1ccc(C#N)cc1)c1c(N)cccc1C(N)=O. The van der Waals surface area contributed by atoms with Crippen LogP contribution >= 0.6 is 0 Å². The number of hydrogen-bond acceptors (Lipinski definition) is 4. The van der Waals surface area contributed by atoms with Gasteiger partial charge in [-0.25, -0.2) is 0 Å². The molecule has 2 aromatic rings. The van der Waals surface area contributed by atoms with Crippen LogP contribution in [0.1, 0.15) is 15.9 Å². The lowest BCUT2D eigenvalue weighted by atomic mass is 10.1. The van der Waals surface area contributed by atoms with E-state index in [1.165, 1.54) is 0 Å². The molecule has 0 spiro atoms. The van der Waals surface area contributed by atoms with Crippen molar-refractivity contribution in [3.05, 3.63) is 53.6 Å². The fraction of sp³-hybridized carbons (Fsp3) is 0.0667. The summed E-state index contributed by atoms with van der Waals surface area (Å²) in [7, 11) is 1.79. The number of benzene rings is 2. The molecular weight excluding hydrogens is 252 g/mol. The van der Waals surface area contributed by atoms with Gasteiger partial charge in [-0.1, -0.05) is 6.07 Å². The van der Waals surface area contributed by atoms with E-state index in [4.69, 9.17) is 16.7 Å². The number of amides is 1. The Kier molecular flexibility index (Phi) is 3.58. The lowest BCUT2D eigenvalue weighted by molar-refractivity contribution is 0.100. The molecule has 100 valence electrons. The Balaban J connectivity index is 2.50. The van der Waals surface area contributed by atoms with Gasteiger partial charge in [-0.2, -0.15) is 5.26 Å². The minimum absolute atomic E-state index is 0.358. The number of nitrogen functional groups attached to an aromatic ring is 1. The van der Waals surface area contributed by atoms with E-state index in [0.29, 0.717) is 22.5 Å². The number of nitrogens with zero attached hydrogens (tertiary/aromatic N) is 2. The summed E-state index contributed by atoms with van der Waals surface area (Å²) in [6.07, 6.45) is 0. The number of primary amides is 1. The van der Waals surface area contributed by atoms with E-state index in [0.717, 1.165) is 5.69 Å². The molecule has 0 aliphatic carbocycles. The van der Waals surface area contributed by atoms with E-state index in [1.54, 1.807) is 54.4 Å². The smallest absolute Gasteiger partial charge is 0.250 e. The van der Waals surface area contributed by atoms with Gasteiger partial charge in [0.1, 0.15) is 0 Å². The van der Waals surface area contributed by atoms with Gasteiger partial charge in [0.15, 0.2) is 0 Å². The lowest BCUT2D eigenvalue weighted by Gasteiger charge is -2.23. The molecule has 0 aliphatic rings. The largest absolute Gasteiger partial charge is 0.397 e. The van der Waals surface area contributed by atoms with Gasteiger partial charge < -0.3 is 16.4 Å². The van der Waals surface area contributed by atoms with Crippen LogP contribution in [0.5, 0.6) is 0 Å². The first-order valence-corrected chi connectivity index (χ1v) is 5.96. The zero-order chi connectivity index (χ0) is 14.7. The van der Waals surface area contributed by atoms with Gasteiger partial charge in [-0.15, -0.1) is 0 Å². The fourth-order valence-corrected chi connectivity index (χ4v) is 2.02. The normalized spacial score (nSPS) is 9.80. The van der Waals surface area contributed by atoms with Crippen LogP contribution in [0, 0.1) is 11.3 Å². The highest BCUT2D eigenvalue weighted by atomic mass is 16.1. The van der Waals surface area contributed by atoms with Crippen molar-refractivity contribution in [2.75, 3.05) is 17.7 Å². The lowest BCUT2D eigenvalue weighted by Crippen LogP contribution is -2.19. The van der Waals surface area contributed by atoms with Crippen LogP contribution in [0.15, 0.2) is 42.5 Å². The second-order valence-corrected chi connectivity index (χ2v) is 4.33. The predicted octanol–water partition coefficient (Wildman–Crippen LogP) is 2.01. The number of carbonyl (C=O) groups is 1. The first-order chi connectivity index (χ1) is 9.54. The molecule has 5 heteroatoms. The van der Waals surface area contributed by atoms with E-state index in [9.17, 15) is 4.79 Å². The van der Waals surface area contributed by atoms with Crippen molar-refractivity contribution in [3.8, 4) is 6.07 Å². The van der Waals surface area contributed by atoms with Crippen molar-refractivity contribution in [2.45, 2.75) is 0 Å². The Morgan fingerprint density at radius 3 is 2.40 bits per heavy atom. The molecule has 0 aromatic heterocycles. The van der Waals surface area contributed by atoms with Gasteiger partial charge in [0.05, 0.1) is 28.6 Å². The number of rotatable bonds is 3. The minimum Gasteiger partial charge on any atom is -0.397 e. The monoisotopic (exact) mass is 266 g/mol. The summed E-state index contributed by atoms with van der Waals surface area (Å²) in [6, 6.07) is 14.1. The topological polar surface area (TPSA) is 96.1 Å². The number of carbonyl (C=O) groups excluding carboxylic acids is 1. The van der Waals surface area contributed by atoms with Crippen LogP contribution in [0.4, 0.5) is 17.1 Å². The maximum atomic E-state index is 11.5. The Labute approximate surface area is 117 Å². The van der Waals surface area contributed by atoms with Crippen molar-refractivity contribution in [3.63, 3.8) is 0 Å². The van der Waals surface area contributed by atoms with Crippen molar-refractivity contribution < 1.29 is 4.79 Å². The van der Waals surface area contributed by atoms with E-state index < -0.39 is 5.91 Å². The molecule has 2 rings (SSSR count). The van der Waals surface area contributed by atoms with Crippen molar-refractivity contribution >= 4 is 23.0 Å². The van der Waals surface area contributed by atoms with Crippen LogP contribution in [0.3, 0.4) is 0 Å². The van der Waals surface area contributed by atoms with Crippen LogP contribution < -0.4 is 16.4 Å². The molecule has 0 radical (unpaired) electrons. The zero-order valence-electron chi connectivity index (χ0n) is 11.0. The Morgan fingerprint density at radius 2 is 1.85 bits per heavy atom. The minimum atomic E-state index is -0.534. The van der Waals surface area contributed by atoms with Gasteiger partial charge in [-0.05, 0) is 36.4 Å². The Bertz CT molecular complexity index is 686. The quantitative estimate of drug-likeness (QED) is 0.830. The Morgan fingerprint density at radius 1 is 1.20 bits per heavy atom. The van der Waals surface area contributed by atoms with Crippen LogP contribution in [0.2, 0.25) is 0 Å². The third-order valence-electron chi connectivity index (χ3n) is 3.05. The second-order valence-electron chi connectivity index (χ2n) is 4.33.